The van der Waals surface area contributed by atoms with E-state index >= 15 is 0 Å². The fourth-order valence-electron chi connectivity index (χ4n) is 3.20. The summed E-state index contributed by atoms with van der Waals surface area (Å²) in [5, 5.41) is 3.18. The van der Waals surface area contributed by atoms with Crippen molar-refractivity contribution in [2.75, 3.05) is 0 Å². The molecule has 1 aromatic heterocycles. The normalized spacial score (nSPS) is 14.8. The second-order valence-corrected chi connectivity index (χ2v) is 6.99. The van der Waals surface area contributed by atoms with Gasteiger partial charge in [-0.25, -0.2) is 4.98 Å². The molecule has 1 saturated carbocycles. The van der Waals surface area contributed by atoms with E-state index in [1.54, 1.807) is 6.92 Å². The lowest BCUT2D eigenvalue weighted by Crippen LogP contribution is -2.30. The molecule has 0 bridgehead atoms. The Morgan fingerprint density at radius 3 is 2.42 bits per heavy atom. The van der Waals surface area contributed by atoms with Gasteiger partial charge >= 0.3 is 0 Å². The summed E-state index contributed by atoms with van der Waals surface area (Å²) in [6.45, 7) is 3.85. The highest BCUT2D eigenvalue weighted by atomic mass is 16.4. The van der Waals surface area contributed by atoms with Gasteiger partial charge in [-0.2, -0.15) is 0 Å². The third-order valence-corrected chi connectivity index (χ3v) is 4.85. The fourth-order valence-corrected chi connectivity index (χ4v) is 3.20. The van der Waals surface area contributed by atoms with E-state index in [0.29, 0.717) is 23.3 Å². The minimum atomic E-state index is -0.175. The Hall–Kier alpha value is -2.88. The fraction of sp³-hybridized carbons (Fsp3) is 0.273. The second-order valence-electron chi connectivity index (χ2n) is 6.99. The van der Waals surface area contributed by atoms with Gasteiger partial charge in [0.15, 0.2) is 5.69 Å². The van der Waals surface area contributed by atoms with E-state index in [2.05, 4.69) is 41.5 Å². The predicted octanol–water partition coefficient (Wildman–Crippen LogP) is 4.84. The van der Waals surface area contributed by atoms with Crippen LogP contribution in [-0.2, 0) is 0 Å². The van der Waals surface area contributed by atoms with Gasteiger partial charge in [0.05, 0.1) is 6.04 Å². The van der Waals surface area contributed by atoms with E-state index in [1.807, 2.05) is 30.3 Å². The van der Waals surface area contributed by atoms with Gasteiger partial charge in [0.1, 0.15) is 5.76 Å². The smallest absolute Gasteiger partial charge is 0.274 e. The molecule has 0 spiro atoms. The van der Waals surface area contributed by atoms with Crippen LogP contribution in [0.1, 0.15) is 46.3 Å². The molecule has 2 aromatic carbocycles. The summed E-state index contributed by atoms with van der Waals surface area (Å²) in [5.41, 5.74) is 3.60. The Balaban J connectivity index is 1.57. The molecule has 1 heterocycles. The third-order valence-electron chi connectivity index (χ3n) is 4.85. The number of carbonyl (C=O) groups excluding carboxylic acids is 1. The average Bonchev–Trinajstić information content (AvgIpc) is 3.42. The highest BCUT2D eigenvalue weighted by Gasteiger charge is 2.34. The van der Waals surface area contributed by atoms with Gasteiger partial charge in [-0.15, -0.1) is 0 Å². The van der Waals surface area contributed by atoms with Crippen molar-refractivity contribution < 1.29 is 9.21 Å². The largest absolute Gasteiger partial charge is 0.441 e. The number of amides is 1. The molecule has 0 radical (unpaired) electrons. The lowest BCUT2D eigenvalue weighted by atomic mass is 10.0. The van der Waals surface area contributed by atoms with Crippen LogP contribution in [0, 0.1) is 19.8 Å². The average molecular weight is 346 g/mol. The quantitative estimate of drug-likeness (QED) is 0.719. The highest BCUT2D eigenvalue weighted by Crippen LogP contribution is 2.41. The molecule has 3 aromatic rings. The van der Waals surface area contributed by atoms with Crippen LogP contribution in [0.4, 0.5) is 0 Å². The van der Waals surface area contributed by atoms with Crippen LogP contribution in [0.5, 0.6) is 0 Å². The molecule has 1 aliphatic rings. The van der Waals surface area contributed by atoms with Crippen molar-refractivity contribution in [2.45, 2.75) is 32.7 Å². The number of benzene rings is 2. The lowest BCUT2D eigenvalue weighted by Gasteiger charge is -2.18. The predicted molar refractivity (Wildman–Crippen MR) is 101 cm³/mol. The molecule has 1 fully saturated rings. The molecular formula is C22H22N2O2. The van der Waals surface area contributed by atoms with Crippen molar-refractivity contribution in [3.8, 4) is 11.5 Å². The van der Waals surface area contributed by atoms with Crippen molar-refractivity contribution in [2.24, 2.45) is 5.92 Å². The number of oxazole rings is 1. The van der Waals surface area contributed by atoms with E-state index in [0.717, 1.165) is 24.0 Å². The Bertz CT molecular complexity index is 909. The zero-order valence-corrected chi connectivity index (χ0v) is 15.0. The molecule has 1 atom stereocenters. The molecule has 4 heteroatoms. The molecule has 1 N–H and O–H groups in total. The molecule has 1 aliphatic carbocycles. The second kappa shape index (κ2) is 6.79. The first kappa shape index (κ1) is 16.6. The van der Waals surface area contributed by atoms with Gasteiger partial charge in [0.2, 0.25) is 5.89 Å². The molecule has 4 nitrogen and oxygen atoms in total. The lowest BCUT2D eigenvalue weighted by molar-refractivity contribution is 0.0925. The van der Waals surface area contributed by atoms with Crippen LogP contribution in [0.2, 0.25) is 0 Å². The number of aromatic nitrogens is 1. The van der Waals surface area contributed by atoms with E-state index in [1.165, 1.54) is 5.56 Å². The Labute approximate surface area is 153 Å². The maximum Gasteiger partial charge on any atom is 0.274 e. The molecule has 1 amide bonds. The summed E-state index contributed by atoms with van der Waals surface area (Å²) in [5.74, 6) is 1.35. The summed E-state index contributed by atoms with van der Waals surface area (Å²) in [6, 6.07) is 18.0. The monoisotopic (exact) mass is 346 g/mol. The SMILES string of the molecule is Cc1ccc(C(NC(=O)c2nc(-c3ccccc3)oc2C)C2CC2)cc1. The summed E-state index contributed by atoms with van der Waals surface area (Å²) in [7, 11) is 0. The van der Waals surface area contributed by atoms with Gasteiger partial charge in [0, 0.05) is 5.56 Å². The first-order valence-corrected chi connectivity index (χ1v) is 9.02. The number of carbonyl (C=O) groups is 1. The van der Waals surface area contributed by atoms with Crippen LogP contribution in [-0.4, -0.2) is 10.9 Å². The number of nitrogens with one attached hydrogen (secondary N) is 1. The van der Waals surface area contributed by atoms with Gasteiger partial charge in [-0.3, -0.25) is 4.79 Å². The van der Waals surface area contributed by atoms with Crippen molar-refractivity contribution in [1.82, 2.24) is 10.3 Å². The van der Waals surface area contributed by atoms with Gasteiger partial charge in [0.25, 0.3) is 5.91 Å². The van der Waals surface area contributed by atoms with E-state index < -0.39 is 0 Å². The van der Waals surface area contributed by atoms with Gasteiger partial charge in [-0.05, 0) is 50.3 Å². The number of hydrogen-bond acceptors (Lipinski definition) is 3. The molecule has 0 saturated heterocycles. The summed E-state index contributed by atoms with van der Waals surface area (Å²) in [6.07, 6.45) is 2.29. The molecule has 0 aliphatic heterocycles. The first-order chi connectivity index (χ1) is 12.6. The van der Waals surface area contributed by atoms with Crippen LogP contribution >= 0.6 is 0 Å². The first-order valence-electron chi connectivity index (χ1n) is 9.02. The standard InChI is InChI=1S/C22H22N2O2/c1-14-8-10-16(11-9-14)20(17-12-13-17)23-21(25)19-15(2)26-22(24-19)18-6-4-3-5-7-18/h3-11,17,20H,12-13H2,1-2H3,(H,23,25). The number of hydrogen-bond donors (Lipinski definition) is 1. The zero-order valence-electron chi connectivity index (χ0n) is 15.0. The summed E-state index contributed by atoms with van der Waals surface area (Å²) < 4.78 is 5.73. The maximum absolute atomic E-state index is 12.9. The third kappa shape index (κ3) is 3.40. The minimum Gasteiger partial charge on any atom is -0.441 e. The Kier molecular flexibility index (Phi) is 4.33. The summed E-state index contributed by atoms with van der Waals surface area (Å²) >= 11 is 0. The van der Waals surface area contributed by atoms with Crippen molar-refractivity contribution in [1.29, 1.82) is 0 Å². The number of aryl methyl sites for hydroxylation is 2. The Morgan fingerprint density at radius 2 is 1.77 bits per heavy atom. The van der Waals surface area contributed by atoms with Crippen molar-refractivity contribution in [3.05, 3.63) is 77.2 Å². The van der Waals surface area contributed by atoms with Gasteiger partial charge in [-0.1, -0.05) is 48.0 Å². The molecular weight excluding hydrogens is 324 g/mol. The number of nitrogens with zero attached hydrogens (tertiary/aromatic N) is 1. The van der Waals surface area contributed by atoms with Gasteiger partial charge < -0.3 is 9.73 Å². The summed E-state index contributed by atoms with van der Waals surface area (Å²) in [4.78, 5) is 17.3. The van der Waals surface area contributed by atoms with E-state index in [9.17, 15) is 4.79 Å². The van der Waals surface area contributed by atoms with Crippen LogP contribution < -0.4 is 5.32 Å². The van der Waals surface area contributed by atoms with E-state index in [-0.39, 0.29) is 11.9 Å². The molecule has 132 valence electrons. The van der Waals surface area contributed by atoms with Crippen LogP contribution in [0.15, 0.2) is 59.0 Å². The Morgan fingerprint density at radius 1 is 1.08 bits per heavy atom. The van der Waals surface area contributed by atoms with Crippen molar-refractivity contribution in [3.63, 3.8) is 0 Å². The van der Waals surface area contributed by atoms with Crippen LogP contribution in [0.25, 0.3) is 11.5 Å². The van der Waals surface area contributed by atoms with Crippen LogP contribution in [0.3, 0.4) is 0 Å². The minimum absolute atomic E-state index is 0.0272. The molecule has 26 heavy (non-hydrogen) atoms. The molecule has 1 unspecified atom stereocenters. The topological polar surface area (TPSA) is 55.1 Å². The zero-order chi connectivity index (χ0) is 18.1. The molecule has 4 rings (SSSR count). The van der Waals surface area contributed by atoms with E-state index in [4.69, 9.17) is 4.42 Å². The van der Waals surface area contributed by atoms with Crippen molar-refractivity contribution >= 4 is 5.91 Å². The maximum atomic E-state index is 12.9. The number of rotatable bonds is 5. The highest BCUT2D eigenvalue weighted by molar-refractivity contribution is 5.94.